The van der Waals surface area contributed by atoms with E-state index in [1.54, 1.807) is 12.5 Å². The van der Waals surface area contributed by atoms with Crippen molar-refractivity contribution >= 4 is 5.91 Å². The predicted octanol–water partition coefficient (Wildman–Crippen LogP) is 2.69. The van der Waals surface area contributed by atoms with Gasteiger partial charge in [0.1, 0.15) is 11.9 Å². The van der Waals surface area contributed by atoms with Crippen molar-refractivity contribution in [3.63, 3.8) is 0 Å². The van der Waals surface area contributed by atoms with Gasteiger partial charge in [0.15, 0.2) is 0 Å². The lowest BCUT2D eigenvalue weighted by Gasteiger charge is -2.39. The number of benzene rings is 1. The summed E-state index contributed by atoms with van der Waals surface area (Å²) in [5, 5.41) is 0. The molecule has 0 aliphatic carbocycles. The van der Waals surface area contributed by atoms with Crippen LogP contribution < -0.4 is 4.74 Å². The van der Waals surface area contributed by atoms with Crippen LogP contribution in [0.1, 0.15) is 31.9 Å². The number of likely N-dealkylation sites (tertiary alicyclic amines) is 1. The zero-order chi connectivity index (χ0) is 16.2. The molecule has 1 saturated heterocycles. The van der Waals surface area contributed by atoms with Gasteiger partial charge in [0.2, 0.25) is 5.91 Å². The van der Waals surface area contributed by atoms with E-state index in [2.05, 4.69) is 18.0 Å². The Morgan fingerprint density at radius 3 is 2.87 bits per heavy atom. The minimum absolute atomic E-state index is 0.107. The molecular formula is C18H23N3O2. The standard InChI is InChI=1S/C18H23N3O2/c1-3-15-6-4-5-7-17(15)23-16-11-21(12-16)18(22)10-14(2)20-9-8-19-13-20/h4-9,13-14,16H,3,10-12H2,1-2H3/t14-/m1/s1. The third-order valence-corrected chi connectivity index (χ3v) is 4.35. The molecule has 0 saturated carbocycles. The molecule has 1 aliphatic rings. The number of carbonyl (C=O) groups is 1. The molecule has 1 aromatic heterocycles. The van der Waals surface area contributed by atoms with Crippen LogP contribution in [0.4, 0.5) is 0 Å². The summed E-state index contributed by atoms with van der Waals surface area (Å²) in [6.07, 6.45) is 6.93. The van der Waals surface area contributed by atoms with Crippen LogP contribution in [0.3, 0.4) is 0 Å². The largest absolute Gasteiger partial charge is 0.486 e. The molecule has 1 atom stereocenters. The van der Waals surface area contributed by atoms with Crippen molar-refractivity contribution < 1.29 is 9.53 Å². The number of para-hydroxylation sites is 1. The van der Waals surface area contributed by atoms with Crippen molar-refractivity contribution in [1.82, 2.24) is 14.5 Å². The first-order valence-electron chi connectivity index (χ1n) is 8.17. The fraction of sp³-hybridized carbons (Fsp3) is 0.444. The van der Waals surface area contributed by atoms with Crippen molar-refractivity contribution in [1.29, 1.82) is 0 Å². The fourth-order valence-corrected chi connectivity index (χ4v) is 2.82. The van der Waals surface area contributed by atoms with Gasteiger partial charge in [0, 0.05) is 24.9 Å². The van der Waals surface area contributed by atoms with Crippen LogP contribution in [-0.4, -0.2) is 39.6 Å². The molecule has 2 heterocycles. The Labute approximate surface area is 136 Å². The minimum Gasteiger partial charge on any atom is -0.486 e. The fourth-order valence-electron chi connectivity index (χ4n) is 2.82. The van der Waals surface area contributed by atoms with Crippen LogP contribution >= 0.6 is 0 Å². The molecule has 0 spiro atoms. The smallest absolute Gasteiger partial charge is 0.224 e. The van der Waals surface area contributed by atoms with Crippen LogP contribution in [0.15, 0.2) is 43.0 Å². The first-order chi connectivity index (χ1) is 11.2. The molecule has 2 aromatic rings. The maximum absolute atomic E-state index is 12.3. The Balaban J connectivity index is 1.48. The molecule has 1 aliphatic heterocycles. The van der Waals surface area contributed by atoms with Gasteiger partial charge in [-0.15, -0.1) is 0 Å². The highest BCUT2D eigenvalue weighted by molar-refractivity contribution is 5.77. The molecule has 23 heavy (non-hydrogen) atoms. The highest BCUT2D eigenvalue weighted by Gasteiger charge is 2.33. The van der Waals surface area contributed by atoms with Gasteiger partial charge in [-0.3, -0.25) is 4.79 Å². The molecule has 1 amide bonds. The number of imidazole rings is 1. The van der Waals surface area contributed by atoms with Crippen molar-refractivity contribution in [3.05, 3.63) is 48.5 Å². The topological polar surface area (TPSA) is 47.4 Å². The summed E-state index contributed by atoms with van der Waals surface area (Å²) in [5.74, 6) is 1.12. The molecule has 5 nitrogen and oxygen atoms in total. The van der Waals surface area contributed by atoms with Gasteiger partial charge in [-0.25, -0.2) is 4.98 Å². The molecule has 0 radical (unpaired) electrons. The molecule has 0 bridgehead atoms. The second-order valence-electron chi connectivity index (χ2n) is 6.06. The van der Waals surface area contributed by atoms with Gasteiger partial charge >= 0.3 is 0 Å². The second kappa shape index (κ2) is 6.86. The van der Waals surface area contributed by atoms with E-state index in [1.807, 2.05) is 40.8 Å². The number of aromatic nitrogens is 2. The monoisotopic (exact) mass is 313 g/mol. The number of aryl methyl sites for hydroxylation is 1. The van der Waals surface area contributed by atoms with Crippen molar-refractivity contribution in [2.24, 2.45) is 0 Å². The summed E-state index contributed by atoms with van der Waals surface area (Å²) < 4.78 is 7.98. The number of nitrogens with zero attached hydrogens (tertiary/aromatic N) is 3. The van der Waals surface area contributed by atoms with Crippen molar-refractivity contribution in [3.8, 4) is 5.75 Å². The van der Waals surface area contributed by atoms with Gasteiger partial charge in [0.25, 0.3) is 0 Å². The summed E-state index contributed by atoms with van der Waals surface area (Å²) in [7, 11) is 0. The Hall–Kier alpha value is -2.30. The number of hydrogen-bond acceptors (Lipinski definition) is 3. The Bertz CT molecular complexity index is 648. The van der Waals surface area contributed by atoms with Gasteiger partial charge in [-0.05, 0) is 25.0 Å². The number of hydrogen-bond donors (Lipinski definition) is 0. The molecular weight excluding hydrogens is 290 g/mol. The first-order valence-corrected chi connectivity index (χ1v) is 8.17. The molecule has 5 heteroatoms. The average molecular weight is 313 g/mol. The first kappa shape index (κ1) is 15.6. The Kier molecular flexibility index (Phi) is 4.65. The van der Waals surface area contributed by atoms with Crippen LogP contribution in [0, 0.1) is 0 Å². The third kappa shape index (κ3) is 3.55. The van der Waals surface area contributed by atoms with E-state index in [9.17, 15) is 4.79 Å². The zero-order valence-electron chi connectivity index (χ0n) is 13.7. The van der Waals surface area contributed by atoms with E-state index in [0.29, 0.717) is 19.5 Å². The summed E-state index contributed by atoms with van der Waals surface area (Å²) >= 11 is 0. The molecule has 0 unspecified atom stereocenters. The molecule has 1 fully saturated rings. The van der Waals surface area contributed by atoms with Crippen molar-refractivity contribution in [2.75, 3.05) is 13.1 Å². The van der Waals surface area contributed by atoms with Gasteiger partial charge < -0.3 is 14.2 Å². The van der Waals surface area contributed by atoms with Crippen LogP contribution in [0.5, 0.6) is 5.75 Å². The van der Waals surface area contributed by atoms with E-state index in [1.165, 1.54) is 5.56 Å². The highest BCUT2D eigenvalue weighted by atomic mass is 16.5. The van der Waals surface area contributed by atoms with E-state index < -0.39 is 0 Å². The van der Waals surface area contributed by atoms with Gasteiger partial charge in [0.05, 0.1) is 19.4 Å². The molecule has 0 N–H and O–H groups in total. The maximum Gasteiger partial charge on any atom is 0.224 e. The normalized spacial score (nSPS) is 16.0. The summed E-state index contributed by atoms with van der Waals surface area (Å²) in [6, 6.07) is 8.24. The van der Waals surface area contributed by atoms with Crippen LogP contribution in [0.2, 0.25) is 0 Å². The number of carbonyl (C=O) groups excluding carboxylic acids is 1. The zero-order valence-corrected chi connectivity index (χ0v) is 13.7. The lowest BCUT2D eigenvalue weighted by atomic mass is 10.1. The number of amides is 1. The van der Waals surface area contributed by atoms with E-state index >= 15 is 0 Å². The van der Waals surface area contributed by atoms with Crippen LogP contribution in [0.25, 0.3) is 0 Å². The van der Waals surface area contributed by atoms with Crippen molar-refractivity contribution in [2.45, 2.75) is 38.8 Å². The lowest BCUT2D eigenvalue weighted by Crippen LogP contribution is -2.56. The summed E-state index contributed by atoms with van der Waals surface area (Å²) in [5.41, 5.74) is 1.21. The third-order valence-electron chi connectivity index (χ3n) is 4.35. The van der Waals surface area contributed by atoms with E-state index in [4.69, 9.17) is 4.74 Å². The average Bonchev–Trinajstić information content (AvgIpc) is 3.05. The van der Waals surface area contributed by atoms with Gasteiger partial charge in [-0.2, -0.15) is 0 Å². The summed E-state index contributed by atoms with van der Waals surface area (Å²) in [4.78, 5) is 18.2. The Morgan fingerprint density at radius 2 is 2.17 bits per heavy atom. The SMILES string of the molecule is CCc1ccccc1OC1CN(C(=O)C[C@@H](C)n2ccnc2)C1. The number of rotatable bonds is 6. The predicted molar refractivity (Wildman–Crippen MR) is 88.4 cm³/mol. The molecule has 3 rings (SSSR count). The van der Waals surface area contributed by atoms with Gasteiger partial charge in [-0.1, -0.05) is 25.1 Å². The van der Waals surface area contributed by atoms with E-state index in [-0.39, 0.29) is 18.1 Å². The maximum atomic E-state index is 12.3. The number of ether oxygens (including phenoxy) is 1. The molecule has 122 valence electrons. The lowest BCUT2D eigenvalue weighted by molar-refractivity contribution is -0.140. The second-order valence-corrected chi connectivity index (χ2v) is 6.06. The molecule has 1 aromatic carbocycles. The summed E-state index contributed by atoms with van der Waals surface area (Å²) in [6.45, 7) is 5.50. The Morgan fingerprint density at radius 1 is 1.39 bits per heavy atom. The van der Waals surface area contributed by atoms with Crippen LogP contribution in [-0.2, 0) is 11.2 Å². The van der Waals surface area contributed by atoms with E-state index in [0.717, 1.165) is 12.2 Å². The quantitative estimate of drug-likeness (QED) is 0.824. The highest BCUT2D eigenvalue weighted by Crippen LogP contribution is 2.24. The minimum atomic E-state index is 0.107.